The van der Waals surface area contributed by atoms with E-state index in [9.17, 15) is 4.39 Å². The van der Waals surface area contributed by atoms with Gasteiger partial charge in [-0.05, 0) is 29.3 Å². The Balaban J connectivity index is 2.01. The van der Waals surface area contributed by atoms with E-state index in [4.69, 9.17) is 10.5 Å². The van der Waals surface area contributed by atoms with Gasteiger partial charge >= 0.3 is 0 Å². The van der Waals surface area contributed by atoms with Gasteiger partial charge in [-0.25, -0.2) is 4.39 Å². The maximum Gasteiger partial charge on any atom is 0.139 e. The molecule has 19 heavy (non-hydrogen) atoms. The van der Waals surface area contributed by atoms with Crippen LogP contribution in [0.15, 0.2) is 66.5 Å². The minimum atomic E-state index is -0.352. The molecule has 2 rings (SSSR count). The maximum atomic E-state index is 13.1. The number of benzene rings is 2. The van der Waals surface area contributed by atoms with Crippen LogP contribution >= 0.6 is 0 Å². The van der Waals surface area contributed by atoms with Crippen molar-refractivity contribution in [3.63, 3.8) is 0 Å². The van der Waals surface area contributed by atoms with Gasteiger partial charge in [0.1, 0.15) is 18.2 Å². The fourth-order valence-electron chi connectivity index (χ4n) is 1.71. The third-order valence-corrected chi connectivity index (χ3v) is 2.68. The normalized spacial score (nSPS) is 11.4. The molecule has 0 fully saturated rings. The first-order valence-corrected chi connectivity index (χ1v) is 6.12. The first-order valence-electron chi connectivity index (χ1n) is 6.12. The van der Waals surface area contributed by atoms with Crippen molar-refractivity contribution in [2.75, 3.05) is 13.2 Å². The van der Waals surface area contributed by atoms with Gasteiger partial charge in [0.2, 0.25) is 0 Å². The van der Waals surface area contributed by atoms with Gasteiger partial charge in [0.15, 0.2) is 0 Å². The summed E-state index contributed by atoms with van der Waals surface area (Å²) in [6.07, 6.45) is 1.30. The second-order valence-corrected chi connectivity index (χ2v) is 4.07. The third-order valence-electron chi connectivity index (χ3n) is 2.68. The quantitative estimate of drug-likeness (QED) is 0.889. The summed E-state index contributed by atoms with van der Waals surface area (Å²) in [6.45, 7) is 0.101. The predicted octanol–water partition coefficient (Wildman–Crippen LogP) is 3.54. The summed E-state index contributed by atoms with van der Waals surface area (Å²) in [7, 11) is 0. The fraction of sp³-hybridized carbons (Fsp3) is 0.125. The van der Waals surface area contributed by atoms with Crippen molar-refractivity contribution in [1.29, 1.82) is 0 Å². The lowest BCUT2D eigenvalue weighted by Gasteiger charge is -2.06. The highest BCUT2D eigenvalue weighted by Crippen LogP contribution is 2.22. The van der Waals surface area contributed by atoms with Crippen molar-refractivity contribution in [2.45, 2.75) is 0 Å². The highest BCUT2D eigenvalue weighted by molar-refractivity contribution is 5.63. The highest BCUT2D eigenvalue weighted by Gasteiger charge is 1.99. The van der Waals surface area contributed by atoms with E-state index in [1.807, 2.05) is 54.6 Å². The van der Waals surface area contributed by atoms with E-state index in [0.717, 1.165) is 11.1 Å². The lowest BCUT2D eigenvalue weighted by molar-refractivity contribution is 0.318. The van der Waals surface area contributed by atoms with Crippen LogP contribution in [0.4, 0.5) is 4.39 Å². The zero-order valence-electron chi connectivity index (χ0n) is 10.6. The molecule has 0 atom stereocenters. The molecule has 2 N–H and O–H groups in total. The Hall–Kier alpha value is -2.13. The van der Waals surface area contributed by atoms with E-state index >= 15 is 0 Å². The summed E-state index contributed by atoms with van der Waals surface area (Å²) in [4.78, 5) is 0. The van der Waals surface area contributed by atoms with Crippen molar-refractivity contribution >= 4 is 0 Å². The van der Waals surface area contributed by atoms with E-state index in [2.05, 4.69) is 0 Å². The largest absolute Gasteiger partial charge is 0.487 e. The Bertz CT molecular complexity index is 534. The van der Waals surface area contributed by atoms with Crippen molar-refractivity contribution in [2.24, 2.45) is 5.73 Å². The Kier molecular flexibility index (Phi) is 4.70. The highest BCUT2D eigenvalue weighted by atomic mass is 19.1. The van der Waals surface area contributed by atoms with Crippen LogP contribution in [0.25, 0.3) is 11.1 Å². The second-order valence-electron chi connectivity index (χ2n) is 4.07. The van der Waals surface area contributed by atoms with E-state index in [0.29, 0.717) is 5.75 Å². The molecular formula is C16H16FNO. The van der Waals surface area contributed by atoms with Gasteiger partial charge in [-0.3, -0.25) is 0 Å². The number of hydrogen-bond acceptors (Lipinski definition) is 2. The SMILES string of the molecule is NC/C=C(/F)COc1ccc(-c2ccccc2)cc1. The maximum absolute atomic E-state index is 13.1. The zero-order chi connectivity index (χ0) is 13.5. The Labute approximate surface area is 112 Å². The van der Waals surface area contributed by atoms with Gasteiger partial charge in [0.05, 0.1) is 0 Å². The lowest BCUT2D eigenvalue weighted by Crippen LogP contribution is -2.01. The molecule has 0 aliphatic carbocycles. The first kappa shape index (κ1) is 13.3. The standard InChI is InChI=1S/C16H16FNO/c17-15(10-11-18)12-19-16-8-6-14(7-9-16)13-4-2-1-3-5-13/h1-10H,11-12,18H2/b15-10+. The number of ether oxygens (including phenoxy) is 1. The molecule has 2 nitrogen and oxygen atoms in total. The fourth-order valence-corrected chi connectivity index (χ4v) is 1.71. The average molecular weight is 257 g/mol. The molecule has 98 valence electrons. The molecular weight excluding hydrogens is 241 g/mol. The second kappa shape index (κ2) is 6.71. The molecule has 0 aliphatic heterocycles. The van der Waals surface area contributed by atoms with E-state index in [1.54, 1.807) is 0 Å². The van der Waals surface area contributed by atoms with Crippen LogP contribution in [0.1, 0.15) is 0 Å². The minimum absolute atomic E-state index is 0.0815. The van der Waals surface area contributed by atoms with Crippen LogP contribution in [-0.4, -0.2) is 13.2 Å². The van der Waals surface area contributed by atoms with E-state index < -0.39 is 0 Å². The molecule has 0 saturated heterocycles. The van der Waals surface area contributed by atoms with Crippen LogP contribution in [0, 0.1) is 0 Å². The van der Waals surface area contributed by atoms with Gasteiger partial charge in [-0.2, -0.15) is 0 Å². The Morgan fingerprint density at radius 3 is 2.26 bits per heavy atom. The first-order chi connectivity index (χ1) is 9.29. The summed E-state index contributed by atoms with van der Waals surface area (Å²) in [5, 5.41) is 0. The number of nitrogens with two attached hydrogens (primary N) is 1. The Morgan fingerprint density at radius 2 is 1.63 bits per heavy atom. The molecule has 0 amide bonds. The third kappa shape index (κ3) is 3.93. The summed E-state index contributed by atoms with van der Waals surface area (Å²) in [6, 6.07) is 17.6. The van der Waals surface area contributed by atoms with Gasteiger partial charge in [-0.15, -0.1) is 0 Å². The van der Waals surface area contributed by atoms with Crippen LogP contribution in [-0.2, 0) is 0 Å². The number of halogens is 1. The van der Waals surface area contributed by atoms with Crippen molar-refractivity contribution in [1.82, 2.24) is 0 Å². The topological polar surface area (TPSA) is 35.2 Å². The number of rotatable bonds is 5. The summed E-state index contributed by atoms with van der Waals surface area (Å²) < 4.78 is 18.4. The molecule has 0 unspecified atom stereocenters. The van der Waals surface area contributed by atoms with Crippen molar-refractivity contribution in [3.05, 3.63) is 66.5 Å². The Morgan fingerprint density at radius 1 is 1.00 bits per heavy atom. The number of hydrogen-bond donors (Lipinski definition) is 1. The minimum Gasteiger partial charge on any atom is -0.487 e. The lowest BCUT2D eigenvalue weighted by atomic mass is 10.1. The molecule has 0 heterocycles. The molecule has 3 heteroatoms. The van der Waals surface area contributed by atoms with Crippen LogP contribution in [0.2, 0.25) is 0 Å². The molecule has 2 aromatic carbocycles. The monoisotopic (exact) mass is 257 g/mol. The molecule has 0 radical (unpaired) electrons. The van der Waals surface area contributed by atoms with E-state index in [1.165, 1.54) is 6.08 Å². The van der Waals surface area contributed by atoms with E-state index in [-0.39, 0.29) is 19.0 Å². The average Bonchev–Trinajstić information content (AvgIpc) is 2.47. The van der Waals surface area contributed by atoms with Gasteiger partial charge in [-0.1, -0.05) is 42.5 Å². The summed E-state index contributed by atoms with van der Waals surface area (Å²) in [5.74, 6) is 0.287. The van der Waals surface area contributed by atoms with Crippen LogP contribution in [0.5, 0.6) is 5.75 Å². The summed E-state index contributed by atoms with van der Waals surface area (Å²) in [5.41, 5.74) is 7.46. The van der Waals surface area contributed by atoms with Crippen LogP contribution in [0.3, 0.4) is 0 Å². The zero-order valence-corrected chi connectivity index (χ0v) is 10.6. The molecule has 0 bridgehead atoms. The van der Waals surface area contributed by atoms with Gasteiger partial charge in [0.25, 0.3) is 0 Å². The smallest absolute Gasteiger partial charge is 0.139 e. The molecule has 0 aromatic heterocycles. The summed E-state index contributed by atoms with van der Waals surface area (Å²) >= 11 is 0. The van der Waals surface area contributed by atoms with Gasteiger partial charge in [0, 0.05) is 6.54 Å². The molecule has 0 aliphatic rings. The van der Waals surface area contributed by atoms with Crippen molar-refractivity contribution < 1.29 is 9.13 Å². The molecule has 2 aromatic rings. The molecule has 0 saturated carbocycles. The molecule has 0 spiro atoms. The predicted molar refractivity (Wildman–Crippen MR) is 75.6 cm³/mol. The van der Waals surface area contributed by atoms with Crippen LogP contribution < -0.4 is 10.5 Å². The van der Waals surface area contributed by atoms with Gasteiger partial charge < -0.3 is 10.5 Å². The van der Waals surface area contributed by atoms with Crippen molar-refractivity contribution in [3.8, 4) is 16.9 Å².